The number of aliphatic hydroxyl groups is 1. The van der Waals surface area contributed by atoms with Gasteiger partial charge in [0.1, 0.15) is 0 Å². The molecule has 0 spiro atoms. The first-order valence-electron chi connectivity index (χ1n) is 6.30. The zero-order valence-electron chi connectivity index (χ0n) is 11.8. The molecule has 106 valence electrons. The van der Waals surface area contributed by atoms with E-state index in [-0.39, 0.29) is 12.5 Å². The molecule has 0 saturated carbocycles. The molecule has 0 fully saturated rings. The number of carbonyl (C=O) groups is 1. The van der Waals surface area contributed by atoms with Gasteiger partial charge in [0.2, 0.25) is 5.91 Å². The van der Waals surface area contributed by atoms with Gasteiger partial charge in [-0.05, 0) is 20.9 Å². The average Bonchev–Trinajstić information content (AvgIpc) is 2.31. The third-order valence-corrected chi connectivity index (χ3v) is 2.45. The maximum absolute atomic E-state index is 12.0. The Morgan fingerprint density at radius 2 is 2.00 bits per heavy atom. The van der Waals surface area contributed by atoms with E-state index in [1.807, 2.05) is 25.8 Å². The highest BCUT2D eigenvalue weighted by molar-refractivity contribution is 5.78. The lowest BCUT2D eigenvalue weighted by molar-refractivity contribution is -0.131. The summed E-state index contributed by atoms with van der Waals surface area (Å²) < 4.78 is 5.16. The van der Waals surface area contributed by atoms with E-state index < -0.39 is 0 Å². The molecule has 0 bridgehead atoms. The number of amides is 1. The fourth-order valence-electron chi connectivity index (χ4n) is 1.50. The zero-order valence-corrected chi connectivity index (χ0v) is 11.8. The van der Waals surface area contributed by atoms with Crippen LogP contribution in [0.2, 0.25) is 0 Å². The third kappa shape index (κ3) is 8.22. The molecule has 0 aromatic rings. The molecule has 0 rings (SSSR count). The molecule has 0 aromatic carbocycles. The monoisotopic (exact) mass is 258 g/mol. The molecular weight excluding hydrogens is 232 g/mol. The quantitative estimate of drug-likeness (QED) is 0.454. The Bertz CT molecular complexity index is 257. The van der Waals surface area contributed by atoms with Crippen LogP contribution in [-0.4, -0.2) is 73.9 Å². The van der Waals surface area contributed by atoms with Crippen molar-refractivity contribution in [1.82, 2.24) is 9.80 Å². The Labute approximate surface area is 110 Å². The van der Waals surface area contributed by atoms with Crippen molar-refractivity contribution in [3.05, 3.63) is 12.2 Å². The van der Waals surface area contributed by atoms with Crippen LogP contribution < -0.4 is 0 Å². The Kier molecular flexibility index (Phi) is 9.55. The molecule has 18 heavy (non-hydrogen) atoms. The van der Waals surface area contributed by atoms with Crippen LogP contribution in [0.15, 0.2) is 12.2 Å². The second kappa shape index (κ2) is 10.1. The second-order valence-corrected chi connectivity index (χ2v) is 4.44. The molecule has 1 N–H and O–H groups in total. The molecule has 0 saturated heterocycles. The Morgan fingerprint density at radius 1 is 1.33 bits per heavy atom. The first-order valence-corrected chi connectivity index (χ1v) is 6.30. The van der Waals surface area contributed by atoms with Gasteiger partial charge in [-0.3, -0.25) is 9.69 Å². The lowest BCUT2D eigenvalue weighted by Crippen LogP contribution is -2.40. The highest BCUT2D eigenvalue weighted by Gasteiger charge is 2.13. The van der Waals surface area contributed by atoms with E-state index in [1.54, 1.807) is 4.90 Å². The molecule has 1 amide bonds. The predicted molar refractivity (Wildman–Crippen MR) is 72.5 cm³/mol. The topological polar surface area (TPSA) is 53.0 Å². The number of aliphatic hydroxyl groups excluding tert-OH is 1. The summed E-state index contributed by atoms with van der Waals surface area (Å²) in [4.78, 5) is 15.7. The summed E-state index contributed by atoms with van der Waals surface area (Å²) in [5, 5.41) is 8.56. The van der Waals surface area contributed by atoms with Gasteiger partial charge < -0.3 is 14.7 Å². The summed E-state index contributed by atoms with van der Waals surface area (Å²) in [5.74, 6) is 0.102. The van der Waals surface area contributed by atoms with E-state index in [9.17, 15) is 4.79 Å². The number of ether oxygens (including phenoxy) is 1. The third-order valence-electron chi connectivity index (χ3n) is 2.45. The second-order valence-electron chi connectivity index (χ2n) is 4.44. The highest BCUT2D eigenvalue weighted by Crippen LogP contribution is 1.98. The Morgan fingerprint density at radius 3 is 2.50 bits per heavy atom. The van der Waals surface area contributed by atoms with Crippen LogP contribution in [0.3, 0.4) is 0 Å². The van der Waals surface area contributed by atoms with Crippen molar-refractivity contribution in [2.75, 3.05) is 53.0 Å². The number of hydrogen-bond donors (Lipinski definition) is 1. The van der Waals surface area contributed by atoms with Gasteiger partial charge in [-0.1, -0.05) is 12.2 Å². The standard InChI is InChI=1S/C13H26N2O3/c1-5-15(10-12(2)3)13(17)11-14(4)6-8-18-9-7-16/h16H,2,5-11H2,1,3-4H3. The van der Waals surface area contributed by atoms with Crippen molar-refractivity contribution >= 4 is 5.91 Å². The Balaban J connectivity index is 3.92. The minimum atomic E-state index is 0.0326. The number of nitrogens with zero attached hydrogens (tertiary/aromatic N) is 2. The summed E-state index contributed by atoms with van der Waals surface area (Å²) >= 11 is 0. The zero-order chi connectivity index (χ0) is 14.0. The highest BCUT2D eigenvalue weighted by atomic mass is 16.5. The van der Waals surface area contributed by atoms with E-state index in [4.69, 9.17) is 9.84 Å². The maximum atomic E-state index is 12.0. The van der Waals surface area contributed by atoms with E-state index in [1.165, 1.54) is 0 Å². The number of hydrogen-bond acceptors (Lipinski definition) is 4. The molecule has 0 aromatic heterocycles. The molecule has 0 atom stereocenters. The molecular formula is C13H26N2O3. The largest absolute Gasteiger partial charge is 0.394 e. The van der Waals surface area contributed by atoms with E-state index in [2.05, 4.69) is 6.58 Å². The number of rotatable bonds is 10. The predicted octanol–water partition coefficient (Wildman–Crippen LogP) is 0.352. The molecule has 0 aliphatic heterocycles. The lowest BCUT2D eigenvalue weighted by atomic mass is 10.3. The molecule has 0 unspecified atom stereocenters. The van der Waals surface area contributed by atoms with Crippen molar-refractivity contribution in [1.29, 1.82) is 0 Å². The van der Waals surface area contributed by atoms with Crippen molar-refractivity contribution in [3.63, 3.8) is 0 Å². The molecule has 5 nitrogen and oxygen atoms in total. The van der Waals surface area contributed by atoms with Crippen molar-refractivity contribution < 1.29 is 14.6 Å². The SMILES string of the molecule is C=C(C)CN(CC)C(=O)CN(C)CCOCCO. The lowest BCUT2D eigenvalue weighted by Gasteiger charge is -2.24. The summed E-state index contributed by atoms with van der Waals surface area (Å²) in [7, 11) is 1.88. The average molecular weight is 258 g/mol. The van der Waals surface area contributed by atoms with Gasteiger partial charge in [-0.15, -0.1) is 0 Å². The molecule has 0 heterocycles. The van der Waals surface area contributed by atoms with Crippen LogP contribution in [0.5, 0.6) is 0 Å². The first kappa shape index (κ1) is 17.1. The summed E-state index contributed by atoms with van der Waals surface area (Å²) in [6.07, 6.45) is 0. The summed E-state index contributed by atoms with van der Waals surface area (Å²) in [5.41, 5.74) is 0.985. The summed E-state index contributed by atoms with van der Waals surface area (Å²) in [6, 6.07) is 0. The van der Waals surface area contributed by atoms with Crippen LogP contribution in [0.4, 0.5) is 0 Å². The minimum absolute atomic E-state index is 0.0326. The molecule has 5 heteroatoms. The molecule has 0 aliphatic carbocycles. The van der Waals surface area contributed by atoms with Gasteiger partial charge in [0.25, 0.3) is 0 Å². The fourth-order valence-corrected chi connectivity index (χ4v) is 1.50. The smallest absolute Gasteiger partial charge is 0.237 e. The first-order chi connectivity index (χ1) is 8.51. The van der Waals surface area contributed by atoms with Gasteiger partial charge in [0.05, 0.1) is 26.4 Å². The van der Waals surface area contributed by atoms with Gasteiger partial charge in [0.15, 0.2) is 0 Å². The van der Waals surface area contributed by atoms with Crippen molar-refractivity contribution in [2.45, 2.75) is 13.8 Å². The van der Waals surface area contributed by atoms with E-state index >= 15 is 0 Å². The van der Waals surface area contributed by atoms with E-state index in [0.29, 0.717) is 39.4 Å². The molecule has 0 radical (unpaired) electrons. The van der Waals surface area contributed by atoms with Crippen molar-refractivity contribution in [2.24, 2.45) is 0 Å². The number of likely N-dealkylation sites (N-methyl/N-ethyl adjacent to an activating group) is 2. The van der Waals surface area contributed by atoms with Crippen LogP contribution in [0.25, 0.3) is 0 Å². The van der Waals surface area contributed by atoms with Crippen LogP contribution in [0.1, 0.15) is 13.8 Å². The molecule has 0 aliphatic rings. The fraction of sp³-hybridized carbons (Fsp3) is 0.769. The van der Waals surface area contributed by atoms with Gasteiger partial charge in [-0.25, -0.2) is 0 Å². The maximum Gasteiger partial charge on any atom is 0.237 e. The van der Waals surface area contributed by atoms with Gasteiger partial charge >= 0.3 is 0 Å². The van der Waals surface area contributed by atoms with Crippen molar-refractivity contribution in [3.8, 4) is 0 Å². The minimum Gasteiger partial charge on any atom is -0.394 e. The number of carbonyl (C=O) groups excluding carboxylic acids is 1. The summed E-state index contributed by atoms with van der Waals surface area (Å²) in [6.45, 7) is 11.0. The van der Waals surface area contributed by atoms with Crippen LogP contribution in [0, 0.1) is 0 Å². The van der Waals surface area contributed by atoms with Gasteiger partial charge in [0, 0.05) is 19.6 Å². The van der Waals surface area contributed by atoms with E-state index in [0.717, 1.165) is 5.57 Å². The Hall–Kier alpha value is -0.910. The normalized spacial score (nSPS) is 10.7. The van der Waals surface area contributed by atoms with Crippen LogP contribution in [-0.2, 0) is 9.53 Å². The van der Waals surface area contributed by atoms with Gasteiger partial charge in [-0.2, -0.15) is 0 Å². The van der Waals surface area contributed by atoms with Crippen LogP contribution >= 0.6 is 0 Å².